The van der Waals surface area contributed by atoms with E-state index in [9.17, 15) is 9.59 Å². The summed E-state index contributed by atoms with van der Waals surface area (Å²) in [4.78, 5) is 25.0. The molecule has 1 saturated carbocycles. The van der Waals surface area contributed by atoms with Crippen molar-refractivity contribution in [2.24, 2.45) is 0 Å². The summed E-state index contributed by atoms with van der Waals surface area (Å²) in [6.45, 7) is 1.70. The van der Waals surface area contributed by atoms with Crippen LogP contribution in [-0.4, -0.2) is 42.6 Å². The molecule has 0 spiro atoms. The molecule has 1 N–H and O–H groups in total. The summed E-state index contributed by atoms with van der Waals surface area (Å²) in [6, 6.07) is 0. The molecular weight excluding hydrogens is 232 g/mol. The van der Waals surface area contributed by atoms with Gasteiger partial charge in [0.05, 0.1) is 0 Å². The van der Waals surface area contributed by atoms with Crippen molar-refractivity contribution < 1.29 is 14.3 Å². The van der Waals surface area contributed by atoms with E-state index in [1.165, 1.54) is 6.42 Å². The van der Waals surface area contributed by atoms with Crippen molar-refractivity contribution in [3.63, 3.8) is 0 Å². The van der Waals surface area contributed by atoms with Crippen LogP contribution in [0.4, 0.5) is 4.79 Å². The van der Waals surface area contributed by atoms with Gasteiger partial charge >= 0.3 is 6.09 Å². The molecule has 0 aromatic rings. The highest BCUT2D eigenvalue weighted by Gasteiger charge is 2.20. The monoisotopic (exact) mass is 254 g/mol. The standard InChI is InChI=1S/C13H22N2O3/c16-12(15-8-4-5-9-15)10-14-13(17)18-11-6-2-1-3-7-11/h11H,1-10H2,(H,14,17). The summed E-state index contributed by atoms with van der Waals surface area (Å²) >= 11 is 0. The van der Waals surface area contributed by atoms with Gasteiger partial charge in [-0.15, -0.1) is 0 Å². The minimum Gasteiger partial charge on any atom is -0.446 e. The summed E-state index contributed by atoms with van der Waals surface area (Å²) in [5.41, 5.74) is 0. The first-order valence-electron chi connectivity index (χ1n) is 6.98. The van der Waals surface area contributed by atoms with E-state index in [0.717, 1.165) is 51.6 Å². The van der Waals surface area contributed by atoms with Gasteiger partial charge in [-0.1, -0.05) is 6.42 Å². The lowest BCUT2D eigenvalue weighted by molar-refractivity contribution is -0.129. The second-order valence-electron chi connectivity index (χ2n) is 5.11. The fourth-order valence-corrected chi connectivity index (χ4v) is 2.60. The normalized spacial score (nSPS) is 20.8. The fourth-order valence-electron chi connectivity index (χ4n) is 2.60. The average Bonchev–Trinajstić information content (AvgIpc) is 2.91. The number of likely N-dealkylation sites (tertiary alicyclic amines) is 1. The number of nitrogens with zero attached hydrogens (tertiary/aromatic N) is 1. The van der Waals surface area contributed by atoms with Crippen molar-refractivity contribution in [3.8, 4) is 0 Å². The zero-order chi connectivity index (χ0) is 12.8. The van der Waals surface area contributed by atoms with E-state index in [1.54, 1.807) is 4.90 Å². The minimum absolute atomic E-state index is 0.00639. The Labute approximate surface area is 108 Å². The molecule has 1 aliphatic carbocycles. The molecule has 1 heterocycles. The van der Waals surface area contributed by atoms with Crippen molar-refractivity contribution in [2.75, 3.05) is 19.6 Å². The average molecular weight is 254 g/mol. The Morgan fingerprint density at radius 3 is 2.39 bits per heavy atom. The van der Waals surface area contributed by atoms with E-state index in [4.69, 9.17) is 4.74 Å². The van der Waals surface area contributed by atoms with Crippen LogP contribution in [0.2, 0.25) is 0 Å². The number of rotatable bonds is 3. The number of carbonyl (C=O) groups is 2. The van der Waals surface area contributed by atoms with Crippen LogP contribution >= 0.6 is 0 Å². The number of ether oxygens (including phenoxy) is 1. The predicted octanol–water partition coefficient (Wildman–Crippen LogP) is 1.67. The quantitative estimate of drug-likeness (QED) is 0.833. The van der Waals surface area contributed by atoms with Gasteiger partial charge in [-0.2, -0.15) is 0 Å². The van der Waals surface area contributed by atoms with E-state index in [1.807, 2.05) is 0 Å². The highest BCUT2D eigenvalue weighted by molar-refractivity contribution is 5.82. The predicted molar refractivity (Wildman–Crippen MR) is 67.2 cm³/mol. The van der Waals surface area contributed by atoms with Crippen molar-refractivity contribution in [1.82, 2.24) is 10.2 Å². The summed E-state index contributed by atoms with van der Waals surface area (Å²) in [5, 5.41) is 2.55. The Bertz CT molecular complexity index is 295. The Balaban J connectivity index is 1.63. The van der Waals surface area contributed by atoms with E-state index in [-0.39, 0.29) is 18.6 Å². The second kappa shape index (κ2) is 6.61. The Morgan fingerprint density at radius 1 is 1.06 bits per heavy atom. The third kappa shape index (κ3) is 3.89. The molecule has 5 heteroatoms. The van der Waals surface area contributed by atoms with Gasteiger partial charge in [0.1, 0.15) is 12.6 Å². The smallest absolute Gasteiger partial charge is 0.407 e. The molecule has 18 heavy (non-hydrogen) atoms. The maximum Gasteiger partial charge on any atom is 0.407 e. The van der Waals surface area contributed by atoms with Crippen LogP contribution in [0.15, 0.2) is 0 Å². The van der Waals surface area contributed by atoms with Crippen molar-refractivity contribution in [2.45, 2.75) is 51.0 Å². The maximum absolute atomic E-state index is 11.7. The molecule has 0 radical (unpaired) electrons. The van der Waals surface area contributed by atoms with Gasteiger partial charge in [0.2, 0.25) is 5.91 Å². The Hall–Kier alpha value is -1.26. The number of nitrogens with one attached hydrogen (secondary N) is 1. The number of amides is 2. The van der Waals surface area contributed by atoms with Crippen LogP contribution in [0.3, 0.4) is 0 Å². The molecule has 2 aliphatic rings. The van der Waals surface area contributed by atoms with Crippen molar-refractivity contribution in [1.29, 1.82) is 0 Å². The number of hydrogen-bond donors (Lipinski definition) is 1. The highest BCUT2D eigenvalue weighted by Crippen LogP contribution is 2.20. The molecule has 0 aromatic carbocycles. The van der Waals surface area contributed by atoms with Gasteiger partial charge in [0.15, 0.2) is 0 Å². The molecular formula is C13H22N2O3. The Morgan fingerprint density at radius 2 is 1.72 bits per heavy atom. The lowest BCUT2D eigenvalue weighted by Gasteiger charge is -2.22. The van der Waals surface area contributed by atoms with Gasteiger partial charge in [0, 0.05) is 13.1 Å². The molecule has 2 amide bonds. The van der Waals surface area contributed by atoms with Gasteiger partial charge in [-0.3, -0.25) is 4.79 Å². The van der Waals surface area contributed by atoms with Gasteiger partial charge in [0.25, 0.3) is 0 Å². The van der Waals surface area contributed by atoms with Crippen LogP contribution in [0.5, 0.6) is 0 Å². The third-order valence-corrected chi connectivity index (χ3v) is 3.67. The van der Waals surface area contributed by atoms with Crippen molar-refractivity contribution >= 4 is 12.0 Å². The van der Waals surface area contributed by atoms with Gasteiger partial charge in [-0.25, -0.2) is 4.79 Å². The van der Waals surface area contributed by atoms with Crippen molar-refractivity contribution in [3.05, 3.63) is 0 Å². The maximum atomic E-state index is 11.7. The van der Waals surface area contributed by atoms with Crippen LogP contribution in [0, 0.1) is 0 Å². The highest BCUT2D eigenvalue weighted by atomic mass is 16.6. The minimum atomic E-state index is -0.450. The first-order valence-corrected chi connectivity index (χ1v) is 6.98. The van der Waals surface area contributed by atoms with Gasteiger partial charge < -0.3 is 15.0 Å². The van der Waals surface area contributed by atoms with Crippen LogP contribution in [-0.2, 0) is 9.53 Å². The molecule has 2 rings (SSSR count). The zero-order valence-electron chi connectivity index (χ0n) is 10.8. The molecule has 102 valence electrons. The fraction of sp³-hybridized carbons (Fsp3) is 0.846. The lowest BCUT2D eigenvalue weighted by Crippen LogP contribution is -2.40. The number of alkyl carbamates (subject to hydrolysis) is 1. The molecule has 0 atom stereocenters. The Kier molecular flexibility index (Phi) is 4.84. The van der Waals surface area contributed by atoms with E-state index >= 15 is 0 Å². The molecule has 0 bridgehead atoms. The molecule has 1 saturated heterocycles. The summed E-state index contributed by atoms with van der Waals surface area (Å²) in [6.07, 6.45) is 7.12. The second-order valence-corrected chi connectivity index (χ2v) is 5.11. The summed E-state index contributed by atoms with van der Waals surface area (Å²) < 4.78 is 5.28. The first kappa shape index (κ1) is 13.2. The SMILES string of the molecule is O=C(NCC(=O)N1CCCC1)OC1CCCCC1. The zero-order valence-corrected chi connectivity index (χ0v) is 10.8. The van der Waals surface area contributed by atoms with Crippen LogP contribution in [0.25, 0.3) is 0 Å². The van der Waals surface area contributed by atoms with E-state index < -0.39 is 6.09 Å². The summed E-state index contributed by atoms with van der Waals surface area (Å²) in [5.74, 6) is -0.00639. The number of hydrogen-bond acceptors (Lipinski definition) is 3. The van der Waals surface area contributed by atoms with E-state index in [2.05, 4.69) is 5.32 Å². The van der Waals surface area contributed by atoms with Gasteiger partial charge in [-0.05, 0) is 38.5 Å². The topological polar surface area (TPSA) is 58.6 Å². The third-order valence-electron chi connectivity index (χ3n) is 3.67. The van der Waals surface area contributed by atoms with Crippen LogP contribution < -0.4 is 5.32 Å². The molecule has 1 aliphatic heterocycles. The molecule has 0 aromatic heterocycles. The number of carbonyl (C=O) groups excluding carboxylic acids is 2. The lowest BCUT2D eigenvalue weighted by atomic mass is 9.98. The van der Waals surface area contributed by atoms with Crippen LogP contribution in [0.1, 0.15) is 44.9 Å². The largest absolute Gasteiger partial charge is 0.446 e. The molecule has 2 fully saturated rings. The van der Waals surface area contributed by atoms with E-state index in [0.29, 0.717) is 0 Å². The molecule has 5 nitrogen and oxygen atoms in total. The summed E-state index contributed by atoms with van der Waals surface area (Å²) in [7, 11) is 0. The molecule has 0 unspecified atom stereocenters. The first-order chi connectivity index (χ1) is 8.75.